The molecule has 0 spiro atoms. The highest BCUT2D eigenvalue weighted by Crippen LogP contribution is 2.30. The van der Waals surface area contributed by atoms with Gasteiger partial charge in [-0.1, -0.05) is 13.8 Å². The van der Waals surface area contributed by atoms with Gasteiger partial charge in [-0.2, -0.15) is 0 Å². The van der Waals surface area contributed by atoms with E-state index in [9.17, 15) is 0 Å². The quantitative estimate of drug-likeness (QED) is 0.747. The first-order chi connectivity index (χ1) is 9.79. The average molecular weight is 300 g/mol. The van der Waals surface area contributed by atoms with Crippen LogP contribution in [0.1, 0.15) is 47.5 Å². The van der Waals surface area contributed by atoms with Crippen molar-refractivity contribution in [1.29, 1.82) is 0 Å². The Morgan fingerprint density at radius 3 is 1.81 bits per heavy atom. The van der Waals surface area contributed by atoms with Gasteiger partial charge in [-0.3, -0.25) is 4.90 Å². The van der Waals surface area contributed by atoms with E-state index in [1.807, 2.05) is 0 Å². The zero-order valence-corrected chi connectivity index (χ0v) is 15.2. The maximum Gasteiger partial charge on any atom is 0.0971 e. The number of hydrogen-bond acceptors (Lipinski definition) is 4. The van der Waals surface area contributed by atoms with E-state index < -0.39 is 0 Å². The van der Waals surface area contributed by atoms with E-state index in [-0.39, 0.29) is 17.7 Å². The first kappa shape index (κ1) is 18.9. The van der Waals surface area contributed by atoms with E-state index in [2.05, 4.69) is 44.8 Å². The summed E-state index contributed by atoms with van der Waals surface area (Å²) in [6, 6.07) is 0. The Kier molecular flexibility index (Phi) is 7.11. The third-order valence-corrected chi connectivity index (χ3v) is 4.95. The first-order valence-corrected chi connectivity index (χ1v) is 8.32. The van der Waals surface area contributed by atoms with Gasteiger partial charge in [0.2, 0.25) is 0 Å². The Morgan fingerprint density at radius 2 is 1.48 bits per heavy atom. The summed E-state index contributed by atoms with van der Waals surface area (Å²) >= 11 is 0. The van der Waals surface area contributed by atoms with Gasteiger partial charge in [0.1, 0.15) is 0 Å². The number of methoxy groups -OCH3 is 2. The van der Waals surface area contributed by atoms with Crippen LogP contribution in [0.25, 0.3) is 0 Å². The third kappa shape index (κ3) is 5.51. The second-order valence-electron chi connectivity index (χ2n) is 7.55. The van der Waals surface area contributed by atoms with Crippen LogP contribution in [0.5, 0.6) is 0 Å². The van der Waals surface area contributed by atoms with Gasteiger partial charge in [-0.05, 0) is 39.0 Å². The van der Waals surface area contributed by atoms with Crippen molar-refractivity contribution < 1.29 is 9.47 Å². The lowest BCUT2D eigenvalue weighted by atomic mass is 9.81. The Balaban J connectivity index is 2.66. The van der Waals surface area contributed by atoms with Crippen molar-refractivity contribution in [3.05, 3.63) is 0 Å². The van der Waals surface area contributed by atoms with Crippen LogP contribution in [0.3, 0.4) is 0 Å². The van der Waals surface area contributed by atoms with Gasteiger partial charge in [0.15, 0.2) is 0 Å². The molecule has 1 heterocycles. The molecule has 1 saturated heterocycles. The maximum absolute atomic E-state index is 5.56. The van der Waals surface area contributed by atoms with Gasteiger partial charge in [-0.25, -0.2) is 0 Å². The summed E-state index contributed by atoms with van der Waals surface area (Å²) in [5.74, 6) is 0. The molecule has 126 valence electrons. The minimum Gasteiger partial charge on any atom is -0.377 e. The molecule has 0 radical (unpaired) electrons. The molecule has 1 aliphatic heterocycles. The highest BCUT2D eigenvalue weighted by molar-refractivity contribution is 4.92. The normalized spacial score (nSPS) is 24.7. The first-order valence-electron chi connectivity index (χ1n) is 8.32. The lowest BCUT2D eigenvalue weighted by molar-refractivity contribution is -0.00461. The molecule has 21 heavy (non-hydrogen) atoms. The largest absolute Gasteiger partial charge is 0.377 e. The molecule has 2 unspecified atom stereocenters. The molecule has 1 N–H and O–H groups in total. The predicted octanol–water partition coefficient (Wildman–Crippen LogP) is 2.53. The topological polar surface area (TPSA) is 33.7 Å². The number of nitrogens with one attached hydrogen (secondary N) is 1. The van der Waals surface area contributed by atoms with E-state index in [0.29, 0.717) is 5.41 Å². The minimum absolute atomic E-state index is 0.171. The monoisotopic (exact) mass is 300 g/mol. The second kappa shape index (κ2) is 7.91. The Hall–Kier alpha value is -0.160. The lowest BCUT2D eigenvalue weighted by Crippen LogP contribution is -2.48. The molecule has 0 bridgehead atoms. The van der Waals surface area contributed by atoms with Crippen molar-refractivity contribution in [2.45, 2.75) is 65.2 Å². The molecule has 0 aromatic carbocycles. The molecule has 0 aromatic rings. The summed E-state index contributed by atoms with van der Waals surface area (Å²) in [6.45, 7) is 15.5. The molecule has 2 atom stereocenters. The summed E-state index contributed by atoms with van der Waals surface area (Å²) in [5.41, 5.74) is 0.499. The highest BCUT2D eigenvalue weighted by Gasteiger charge is 2.37. The molecular formula is C17H36N2O2. The lowest BCUT2D eigenvalue weighted by Gasteiger charge is -2.38. The Labute approximate surface area is 131 Å². The highest BCUT2D eigenvalue weighted by atomic mass is 16.5. The fourth-order valence-corrected chi connectivity index (χ4v) is 3.11. The van der Waals surface area contributed by atoms with Crippen LogP contribution >= 0.6 is 0 Å². The number of hydrogen-bond donors (Lipinski definition) is 1. The molecule has 0 aliphatic carbocycles. The second-order valence-corrected chi connectivity index (χ2v) is 7.55. The van der Waals surface area contributed by atoms with Crippen LogP contribution in [0.15, 0.2) is 0 Å². The molecule has 1 aliphatic rings. The van der Waals surface area contributed by atoms with Gasteiger partial charge < -0.3 is 14.8 Å². The van der Waals surface area contributed by atoms with E-state index in [4.69, 9.17) is 9.47 Å². The molecule has 0 saturated carbocycles. The zero-order chi connectivity index (χ0) is 16.1. The van der Waals surface area contributed by atoms with Crippen LogP contribution in [0.4, 0.5) is 0 Å². The van der Waals surface area contributed by atoms with Crippen molar-refractivity contribution in [3.63, 3.8) is 0 Å². The van der Waals surface area contributed by atoms with Crippen LogP contribution in [0, 0.1) is 5.41 Å². The smallest absolute Gasteiger partial charge is 0.0971 e. The van der Waals surface area contributed by atoms with Gasteiger partial charge in [0, 0.05) is 45.9 Å². The molecule has 1 fully saturated rings. The van der Waals surface area contributed by atoms with E-state index in [0.717, 1.165) is 26.2 Å². The van der Waals surface area contributed by atoms with Gasteiger partial charge >= 0.3 is 0 Å². The number of rotatable bonds is 8. The fourth-order valence-electron chi connectivity index (χ4n) is 3.11. The van der Waals surface area contributed by atoms with Crippen LogP contribution in [-0.4, -0.2) is 63.0 Å². The van der Waals surface area contributed by atoms with Crippen molar-refractivity contribution in [3.8, 4) is 0 Å². The zero-order valence-electron chi connectivity index (χ0n) is 15.2. The minimum atomic E-state index is 0.171. The SMILES string of the molecule is CCC(CC)(CNC(C)(C)C)CN1CC(OC)C(OC)C1. The van der Waals surface area contributed by atoms with E-state index in [1.165, 1.54) is 12.8 Å². The summed E-state index contributed by atoms with van der Waals surface area (Å²) in [6.07, 6.45) is 2.80. The molecule has 0 aromatic heterocycles. The molecule has 1 rings (SSSR count). The Morgan fingerprint density at radius 1 is 1.00 bits per heavy atom. The van der Waals surface area contributed by atoms with Gasteiger partial charge in [0.25, 0.3) is 0 Å². The summed E-state index contributed by atoms with van der Waals surface area (Å²) in [7, 11) is 3.57. The molecule has 4 heteroatoms. The summed E-state index contributed by atoms with van der Waals surface area (Å²) in [5, 5.41) is 3.70. The average Bonchev–Trinajstić information content (AvgIpc) is 2.84. The predicted molar refractivity (Wildman–Crippen MR) is 88.8 cm³/mol. The summed E-state index contributed by atoms with van der Waals surface area (Å²) < 4.78 is 11.1. The van der Waals surface area contributed by atoms with E-state index >= 15 is 0 Å². The summed E-state index contributed by atoms with van der Waals surface area (Å²) in [4.78, 5) is 2.51. The number of nitrogens with zero attached hydrogens (tertiary/aromatic N) is 1. The fraction of sp³-hybridized carbons (Fsp3) is 1.00. The van der Waals surface area contributed by atoms with E-state index in [1.54, 1.807) is 14.2 Å². The van der Waals surface area contributed by atoms with Crippen LogP contribution < -0.4 is 5.32 Å². The van der Waals surface area contributed by atoms with Crippen molar-refractivity contribution in [2.75, 3.05) is 40.4 Å². The molecule has 4 nitrogen and oxygen atoms in total. The van der Waals surface area contributed by atoms with Crippen LogP contribution in [0.2, 0.25) is 0 Å². The third-order valence-electron chi connectivity index (χ3n) is 4.95. The Bertz CT molecular complexity index is 286. The maximum atomic E-state index is 5.56. The van der Waals surface area contributed by atoms with Gasteiger partial charge in [0.05, 0.1) is 12.2 Å². The molecular weight excluding hydrogens is 264 g/mol. The molecule has 0 amide bonds. The van der Waals surface area contributed by atoms with Gasteiger partial charge in [-0.15, -0.1) is 0 Å². The standard InChI is InChI=1S/C17H36N2O2/c1-8-17(9-2,12-18-16(3,4)5)13-19-10-14(20-6)15(11-19)21-7/h14-15,18H,8-13H2,1-7H3. The number of likely N-dealkylation sites (tertiary alicyclic amines) is 1. The van der Waals surface area contributed by atoms with Crippen molar-refractivity contribution in [1.82, 2.24) is 10.2 Å². The van der Waals surface area contributed by atoms with Crippen molar-refractivity contribution in [2.24, 2.45) is 5.41 Å². The van der Waals surface area contributed by atoms with Crippen LogP contribution in [-0.2, 0) is 9.47 Å². The number of ether oxygens (including phenoxy) is 2. The van der Waals surface area contributed by atoms with Crippen molar-refractivity contribution >= 4 is 0 Å².